The van der Waals surface area contributed by atoms with Gasteiger partial charge in [0.1, 0.15) is 5.76 Å². The Balaban J connectivity index is 1.37. The quantitative estimate of drug-likeness (QED) is 0.825. The number of rotatable bonds is 4. The summed E-state index contributed by atoms with van der Waals surface area (Å²) < 4.78 is 7.44. The van der Waals surface area contributed by atoms with Crippen molar-refractivity contribution >= 4 is 5.91 Å². The molecule has 146 valence electrons. The SMILES string of the molecule is CCn1cc(CN2CCN(C(=O)c3noc4c3CC(C)CC4)CC2)c(C)n1. The maximum atomic E-state index is 13.0. The average molecular weight is 371 g/mol. The van der Waals surface area contributed by atoms with E-state index in [0.29, 0.717) is 11.6 Å². The summed E-state index contributed by atoms with van der Waals surface area (Å²) in [4.78, 5) is 17.3. The number of aromatic nitrogens is 3. The van der Waals surface area contributed by atoms with Crippen LogP contribution in [0.3, 0.4) is 0 Å². The van der Waals surface area contributed by atoms with Crippen molar-refractivity contribution in [3.63, 3.8) is 0 Å². The number of nitrogens with zero attached hydrogens (tertiary/aromatic N) is 5. The molecule has 1 fully saturated rings. The lowest BCUT2D eigenvalue weighted by atomic mass is 9.88. The van der Waals surface area contributed by atoms with Crippen LogP contribution in [0.25, 0.3) is 0 Å². The molecule has 0 spiro atoms. The lowest BCUT2D eigenvalue weighted by Crippen LogP contribution is -2.48. The molecule has 0 radical (unpaired) electrons. The van der Waals surface area contributed by atoms with Crippen molar-refractivity contribution in [2.24, 2.45) is 5.92 Å². The molecule has 2 aromatic rings. The highest BCUT2D eigenvalue weighted by Crippen LogP contribution is 2.28. The molecule has 7 nitrogen and oxygen atoms in total. The van der Waals surface area contributed by atoms with Gasteiger partial charge in [-0.3, -0.25) is 14.4 Å². The van der Waals surface area contributed by atoms with Crippen LogP contribution in [0, 0.1) is 12.8 Å². The highest BCUT2D eigenvalue weighted by atomic mass is 16.5. The largest absolute Gasteiger partial charge is 0.360 e. The topological polar surface area (TPSA) is 67.4 Å². The molecule has 0 N–H and O–H groups in total. The van der Waals surface area contributed by atoms with Crippen molar-refractivity contribution in [2.45, 2.75) is 53.1 Å². The Labute approximate surface area is 160 Å². The van der Waals surface area contributed by atoms with Crippen molar-refractivity contribution in [2.75, 3.05) is 26.2 Å². The van der Waals surface area contributed by atoms with Gasteiger partial charge in [-0.1, -0.05) is 12.1 Å². The highest BCUT2D eigenvalue weighted by Gasteiger charge is 2.31. The van der Waals surface area contributed by atoms with Crippen LogP contribution in [0.4, 0.5) is 0 Å². The average Bonchev–Trinajstić information content (AvgIpc) is 3.25. The predicted molar refractivity (Wildman–Crippen MR) is 102 cm³/mol. The van der Waals surface area contributed by atoms with Gasteiger partial charge in [0.15, 0.2) is 5.69 Å². The molecule has 0 aromatic carbocycles. The predicted octanol–water partition coefficient (Wildman–Crippen LogP) is 2.28. The minimum Gasteiger partial charge on any atom is -0.360 e. The number of amides is 1. The minimum atomic E-state index is 0.0312. The molecule has 1 unspecified atom stereocenters. The monoisotopic (exact) mass is 371 g/mol. The summed E-state index contributed by atoms with van der Waals surface area (Å²) in [5.41, 5.74) is 3.96. The summed E-state index contributed by atoms with van der Waals surface area (Å²) in [6.45, 7) is 11.4. The molecule has 7 heteroatoms. The molecule has 0 saturated carbocycles. The summed E-state index contributed by atoms with van der Waals surface area (Å²) in [6.07, 6.45) is 5.05. The molecule has 1 atom stereocenters. The molecule has 0 bridgehead atoms. The van der Waals surface area contributed by atoms with E-state index in [9.17, 15) is 4.79 Å². The Morgan fingerprint density at radius 3 is 2.78 bits per heavy atom. The van der Waals surface area contributed by atoms with E-state index in [1.165, 1.54) is 5.56 Å². The van der Waals surface area contributed by atoms with Crippen LogP contribution >= 0.6 is 0 Å². The van der Waals surface area contributed by atoms with Crippen LogP contribution in [0.1, 0.15) is 53.3 Å². The molecule has 2 aromatic heterocycles. The molecule has 1 amide bonds. The summed E-state index contributed by atoms with van der Waals surface area (Å²) in [5, 5.41) is 8.65. The van der Waals surface area contributed by atoms with Gasteiger partial charge in [-0.25, -0.2) is 0 Å². The minimum absolute atomic E-state index is 0.0312. The van der Waals surface area contributed by atoms with Gasteiger partial charge in [-0.05, 0) is 32.6 Å². The number of carbonyl (C=O) groups is 1. The number of aryl methyl sites for hydroxylation is 3. The molecule has 27 heavy (non-hydrogen) atoms. The van der Waals surface area contributed by atoms with Crippen LogP contribution in [0.15, 0.2) is 10.7 Å². The van der Waals surface area contributed by atoms with E-state index in [1.807, 2.05) is 9.58 Å². The van der Waals surface area contributed by atoms with E-state index in [-0.39, 0.29) is 5.91 Å². The fourth-order valence-electron chi connectivity index (χ4n) is 4.12. The van der Waals surface area contributed by atoms with Crippen LogP contribution in [-0.4, -0.2) is 56.8 Å². The third-order valence-electron chi connectivity index (χ3n) is 5.91. The first kappa shape index (κ1) is 18.2. The van der Waals surface area contributed by atoms with Crippen molar-refractivity contribution in [1.29, 1.82) is 0 Å². The fraction of sp³-hybridized carbons (Fsp3) is 0.650. The zero-order chi connectivity index (χ0) is 19.0. The normalized spacial score (nSPS) is 20.7. The first-order valence-corrected chi connectivity index (χ1v) is 10.1. The maximum Gasteiger partial charge on any atom is 0.276 e. The van der Waals surface area contributed by atoms with Gasteiger partial charge in [0.25, 0.3) is 5.91 Å². The number of carbonyl (C=O) groups excluding carboxylic acids is 1. The van der Waals surface area contributed by atoms with Gasteiger partial charge in [0.2, 0.25) is 0 Å². The Morgan fingerprint density at radius 1 is 1.30 bits per heavy atom. The second kappa shape index (κ2) is 7.46. The third kappa shape index (κ3) is 3.65. The molecule has 3 heterocycles. The number of piperazine rings is 1. The van der Waals surface area contributed by atoms with Gasteiger partial charge >= 0.3 is 0 Å². The van der Waals surface area contributed by atoms with Gasteiger partial charge in [0, 0.05) is 63.0 Å². The third-order valence-corrected chi connectivity index (χ3v) is 5.91. The van der Waals surface area contributed by atoms with E-state index in [4.69, 9.17) is 4.52 Å². The lowest BCUT2D eigenvalue weighted by Gasteiger charge is -2.34. The Bertz CT molecular complexity index is 816. The number of fused-ring (bicyclic) bond motifs is 1. The van der Waals surface area contributed by atoms with E-state index in [1.54, 1.807) is 0 Å². The zero-order valence-corrected chi connectivity index (χ0v) is 16.6. The summed E-state index contributed by atoms with van der Waals surface area (Å²) in [5.74, 6) is 1.54. The Kier molecular flexibility index (Phi) is 5.04. The molecule has 4 rings (SSSR count). The van der Waals surface area contributed by atoms with E-state index >= 15 is 0 Å². The molecule has 2 aliphatic rings. The molecule has 1 aliphatic heterocycles. The maximum absolute atomic E-state index is 13.0. The van der Waals surface area contributed by atoms with E-state index < -0.39 is 0 Å². The Hall–Kier alpha value is -2.15. The first-order valence-electron chi connectivity index (χ1n) is 10.1. The highest BCUT2D eigenvalue weighted by molar-refractivity contribution is 5.94. The fourth-order valence-corrected chi connectivity index (χ4v) is 4.12. The Morgan fingerprint density at radius 2 is 2.07 bits per heavy atom. The molecular weight excluding hydrogens is 342 g/mol. The van der Waals surface area contributed by atoms with Crippen LogP contribution in [0.2, 0.25) is 0 Å². The molecule has 1 aliphatic carbocycles. The van der Waals surface area contributed by atoms with Gasteiger partial charge in [-0.2, -0.15) is 5.10 Å². The van der Waals surface area contributed by atoms with Crippen molar-refractivity contribution < 1.29 is 9.32 Å². The van der Waals surface area contributed by atoms with Crippen molar-refractivity contribution in [1.82, 2.24) is 24.7 Å². The second-order valence-electron chi connectivity index (χ2n) is 7.94. The van der Waals surface area contributed by atoms with Gasteiger partial charge < -0.3 is 9.42 Å². The first-order chi connectivity index (χ1) is 13.0. The van der Waals surface area contributed by atoms with Crippen LogP contribution < -0.4 is 0 Å². The summed E-state index contributed by atoms with van der Waals surface area (Å²) in [7, 11) is 0. The molecule has 1 saturated heterocycles. The summed E-state index contributed by atoms with van der Waals surface area (Å²) >= 11 is 0. The summed E-state index contributed by atoms with van der Waals surface area (Å²) in [6, 6.07) is 0. The van der Waals surface area contributed by atoms with Crippen LogP contribution in [-0.2, 0) is 25.9 Å². The number of hydrogen-bond donors (Lipinski definition) is 0. The van der Waals surface area contributed by atoms with E-state index in [2.05, 4.69) is 42.1 Å². The van der Waals surface area contributed by atoms with Gasteiger partial charge in [0.05, 0.1) is 5.69 Å². The number of hydrogen-bond acceptors (Lipinski definition) is 5. The van der Waals surface area contributed by atoms with Gasteiger partial charge in [-0.15, -0.1) is 0 Å². The zero-order valence-electron chi connectivity index (χ0n) is 16.6. The smallest absolute Gasteiger partial charge is 0.276 e. The lowest BCUT2D eigenvalue weighted by molar-refractivity contribution is 0.0617. The van der Waals surface area contributed by atoms with Crippen LogP contribution in [0.5, 0.6) is 0 Å². The molecular formula is C20H29N5O2. The second-order valence-corrected chi connectivity index (χ2v) is 7.94. The van der Waals surface area contributed by atoms with Crippen molar-refractivity contribution in [3.8, 4) is 0 Å². The van der Waals surface area contributed by atoms with E-state index in [0.717, 1.165) is 75.5 Å². The standard InChI is InChI=1S/C20H29N5O2/c1-4-25-13-16(15(3)21-25)12-23-7-9-24(10-8-23)20(26)19-17-11-14(2)5-6-18(17)27-22-19/h13-14H,4-12H2,1-3H3. The van der Waals surface area contributed by atoms with Crippen molar-refractivity contribution in [3.05, 3.63) is 34.5 Å².